The zero-order valence-corrected chi connectivity index (χ0v) is 7.55. The van der Waals surface area contributed by atoms with Crippen molar-refractivity contribution in [3.63, 3.8) is 0 Å². The molecule has 0 aromatic rings. The molecule has 1 nitrogen and oxygen atoms in total. The van der Waals surface area contributed by atoms with Gasteiger partial charge in [-0.05, 0) is 18.8 Å². The van der Waals surface area contributed by atoms with Crippen LogP contribution >= 0.6 is 0 Å². The normalized spacial score (nSPS) is 34.4. The van der Waals surface area contributed by atoms with Crippen LogP contribution in [0.15, 0.2) is 0 Å². The molecule has 1 aliphatic rings. The van der Waals surface area contributed by atoms with E-state index in [9.17, 15) is 5.11 Å². The van der Waals surface area contributed by atoms with E-state index >= 15 is 0 Å². The summed E-state index contributed by atoms with van der Waals surface area (Å²) in [4.78, 5) is 0. The van der Waals surface area contributed by atoms with Crippen LogP contribution < -0.4 is 0 Å². The van der Waals surface area contributed by atoms with Gasteiger partial charge in [0.2, 0.25) is 0 Å². The van der Waals surface area contributed by atoms with Crippen molar-refractivity contribution in [3.05, 3.63) is 0 Å². The SMILES string of the molecule is CCC1CCCCCCC1O. The van der Waals surface area contributed by atoms with Gasteiger partial charge in [0, 0.05) is 0 Å². The summed E-state index contributed by atoms with van der Waals surface area (Å²) in [6, 6.07) is 0. The maximum Gasteiger partial charge on any atom is 0.0568 e. The van der Waals surface area contributed by atoms with Crippen LogP contribution in [0.25, 0.3) is 0 Å². The maximum atomic E-state index is 9.67. The molecule has 2 atom stereocenters. The average molecular weight is 156 g/mol. The van der Waals surface area contributed by atoms with E-state index in [-0.39, 0.29) is 6.10 Å². The molecular weight excluding hydrogens is 136 g/mol. The molecule has 1 fully saturated rings. The molecule has 11 heavy (non-hydrogen) atoms. The maximum absolute atomic E-state index is 9.67. The van der Waals surface area contributed by atoms with E-state index in [1.165, 1.54) is 32.1 Å². The number of aliphatic hydroxyl groups is 1. The Bertz CT molecular complexity index is 101. The summed E-state index contributed by atoms with van der Waals surface area (Å²) < 4.78 is 0. The fourth-order valence-corrected chi connectivity index (χ4v) is 2.02. The van der Waals surface area contributed by atoms with Gasteiger partial charge in [0.15, 0.2) is 0 Å². The quantitative estimate of drug-likeness (QED) is 0.619. The van der Waals surface area contributed by atoms with E-state index in [0.29, 0.717) is 5.92 Å². The van der Waals surface area contributed by atoms with E-state index in [0.717, 1.165) is 12.8 Å². The van der Waals surface area contributed by atoms with Crippen LogP contribution in [0, 0.1) is 5.92 Å². The molecule has 1 saturated carbocycles. The van der Waals surface area contributed by atoms with Crippen LogP contribution in [0.4, 0.5) is 0 Å². The fraction of sp³-hybridized carbons (Fsp3) is 1.00. The van der Waals surface area contributed by atoms with Crippen LogP contribution in [0.3, 0.4) is 0 Å². The molecule has 1 heteroatoms. The first-order valence-corrected chi connectivity index (χ1v) is 5.02. The zero-order chi connectivity index (χ0) is 8.10. The summed E-state index contributed by atoms with van der Waals surface area (Å²) in [5.74, 6) is 0.593. The minimum Gasteiger partial charge on any atom is -0.393 e. The second-order valence-electron chi connectivity index (χ2n) is 3.73. The molecule has 0 bridgehead atoms. The Balaban J connectivity index is 2.33. The molecule has 0 radical (unpaired) electrons. The Labute approximate surface area is 69.8 Å². The van der Waals surface area contributed by atoms with Crippen molar-refractivity contribution in [2.24, 2.45) is 5.92 Å². The van der Waals surface area contributed by atoms with Crippen molar-refractivity contribution in [3.8, 4) is 0 Å². The lowest BCUT2D eigenvalue weighted by Gasteiger charge is -2.23. The second-order valence-corrected chi connectivity index (χ2v) is 3.73. The van der Waals surface area contributed by atoms with Gasteiger partial charge < -0.3 is 5.11 Å². The van der Waals surface area contributed by atoms with Gasteiger partial charge in [-0.15, -0.1) is 0 Å². The highest BCUT2D eigenvalue weighted by Gasteiger charge is 2.18. The standard InChI is InChI=1S/C10H20O/c1-2-9-7-5-3-4-6-8-10(9)11/h9-11H,2-8H2,1H3. The van der Waals surface area contributed by atoms with Gasteiger partial charge in [-0.3, -0.25) is 0 Å². The van der Waals surface area contributed by atoms with Gasteiger partial charge >= 0.3 is 0 Å². The first kappa shape index (κ1) is 9.05. The fourth-order valence-electron chi connectivity index (χ4n) is 2.02. The first-order valence-electron chi connectivity index (χ1n) is 5.02. The van der Waals surface area contributed by atoms with Gasteiger partial charge in [0.05, 0.1) is 6.10 Å². The lowest BCUT2D eigenvalue weighted by atomic mass is 9.87. The molecule has 1 rings (SSSR count). The third-order valence-electron chi connectivity index (χ3n) is 2.89. The van der Waals surface area contributed by atoms with Crippen molar-refractivity contribution < 1.29 is 5.11 Å². The van der Waals surface area contributed by atoms with E-state index < -0.39 is 0 Å². The van der Waals surface area contributed by atoms with Crippen molar-refractivity contribution in [1.82, 2.24) is 0 Å². The van der Waals surface area contributed by atoms with Crippen molar-refractivity contribution >= 4 is 0 Å². The lowest BCUT2D eigenvalue weighted by molar-refractivity contribution is 0.0816. The zero-order valence-electron chi connectivity index (χ0n) is 7.55. The third kappa shape index (κ3) is 2.82. The second kappa shape index (κ2) is 4.76. The molecule has 1 aliphatic carbocycles. The molecular formula is C10H20O. The van der Waals surface area contributed by atoms with Crippen LogP contribution in [-0.4, -0.2) is 11.2 Å². The Morgan fingerprint density at radius 2 is 1.73 bits per heavy atom. The Morgan fingerprint density at radius 3 is 2.36 bits per heavy atom. The predicted molar refractivity (Wildman–Crippen MR) is 47.5 cm³/mol. The number of hydrogen-bond acceptors (Lipinski definition) is 1. The molecule has 0 saturated heterocycles. The molecule has 66 valence electrons. The Hall–Kier alpha value is -0.0400. The van der Waals surface area contributed by atoms with Gasteiger partial charge in [0.1, 0.15) is 0 Å². The molecule has 0 spiro atoms. The van der Waals surface area contributed by atoms with Crippen LogP contribution in [-0.2, 0) is 0 Å². The summed E-state index contributed by atoms with van der Waals surface area (Å²) in [5.41, 5.74) is 0. The van der Waals surface area contributed by atoms with Crippen molar-refractivity contribution in [1.29, 1.82) is 0 Å². The highest BCUT2D eigenvalue weighted by molar-refractivity contribution is 4.70. The number of rotatable bonds is 1. The number of aliphatic hydroxyl groups excluding tert-OH is 1. The summed E-state index contributed by atoms with van der Waals surface area (Å²) in [7, 11) is 0. The van der Waals surface area contributed by atoms with E-state index in [1.807, 2.05) is 0 Å². The monoisotopic (exact) mass is 156 g/mol. The third-order valence-corrected chi connectivity index (χ3v) is 2.89. The van der Waals surface area contributed by atoms with Crippen LogP contribution in [0.1, 0.15) is 51.9 Å². The highest BCUT2D eigenvalue weighted by Crippen LogP contribution is 2.24. The predicted octanol–water partition coefficient (Wildman–Crippen LogP) is 2.73. The van der Waals surface area contributed by atoms with Crippen LogP contribution in [0.5, 0.6) is 0 Å². The molecule has 0 amide bonds. The average Bonchev–Trinajstić information content (AvgIpc) is 1.98. The molecule has 0 aromatic carbocycles. The molecule has 0 aliphatic heterocycles. The number of hydrogen-bond donors (Lipinski definition) is 1. The van der Waals surface area contributed by atoms with Crippen molar-refractivity contribution in [2.75, 3.05) is 0 Å². The minimum absolute atomic E-state index is 0.000278. The van der Waals surface area contributed by atoms with Crippen LogP contribution in [0.2, 0.25) is 0 Å². The largest absolute Gasteiger partial charge is 0.393 e. The summed E-state index contributed by atoms with van der Waals surface area (Å²) in [5, 5.41) is 9.67. The summed E-state index contributed by atoms with van der Waals surface area (Å²) in [6.07, 6.45) is 8.71. The molecule has 0 aromatic heterocycles. The smallest absolute Gasteiger partial charge is 0.0568 e. The van der Waals surface area contributed by atoms with E-state index in [4.69, 9.17) is 0 Å². The Morgan fingerprint density at radius 1 is 1.09 bits per heavy atom. The summed E-state index contributed by atoms with van der Waals surface area (Å²) >= 11 is 0. The van der Waals surface area contributed by atoms with Gasteiger partial charge in [-0.25, -0.2) is 0 Å². The topological polar surface area (TPSA) is 20.2 Å². The molecule has 1 N–H and O–H groups in total. The molecule has 0 heterocycles. The van der Waals surface area contributed by atoms with Gasteiger partial charge in [0.25, 0.3) is 0 Å². The summed E-state index contributed by atoms with van der Waals surface area (Å²) in [6.45, 7) is 2.19. The minimum atomic E-state index is 0.000278. The highest BCUT2D eigenvalue weighted by atomic mass is 16.3. The van der Waals surface area contributed by atoms with E-state index in [2.05, 4.69) is 6.92 Å². The molecule has 2 unspecified atom stereocenters. The van der Waals surface area contributed by atoms with Gasteiger partial charge in [-0.2, -0.15) is 0 Å². The lowest BCUT2D eigenvalue weighted by Crippen LogP contribution is -2.21. The Kier molecular flexibility index (Phi) is 3.92. The van der Waals surface area contributed by atoms with Gasteiger partial charge in [-0.1, -0.05) is 39.0 Å². The van der Waals surface area contributed by atoms with Crippen molar-refractivity contribution in [2.45, 2.75) is 58.0 Å². The first-order chi connectivity index (χ1) is 5.34. The van der Waals surface area contributed by atoms with E-state index in [1.54, 1.807) is 0 Å².